The van der Waals surface area contributed by atoms with Gasteiger partial charge < -0.3 is 15.2 Å². The summed E-state index contributed by atoms with van der Waals surface area (Å²) < 4.78 is 5.38. The van der Waals surface area contributed by atoms with Crippen LogP contribution in [-0.4, -0.2) is 37.5 Å². The van der Waals surface area contributed by atoms with E-state index in [1.165, 1.54) is 12.8 Å². The predicted octanol–water partition coefficient (Wildman–Crippen LogP) is 1.33. The van der Waals surface area contributed by atoms with E-state index in [4.69, 9.17) is 4.74 Å². The van der Waals surface area contributed by atoms with Crippen molar-refractivity contribution in [2.45, 2.75) is 32.3 Å². The van der Waals surface area contributed by atoms with Crippen LogP contribution in [0.1, 0.15) is 26.2 Å². The molecule has 88 valence electrons. The molecule has 0 spiro atoms. The summed E-state index contributed by atoms with van der Waals surface area (Å²) in [7, 11) is 0. The molecule has 0 amide bonds. The molecule has 1 atom stereocenters. The Balaban J connectivity index is 1.88. The SMILES string of the molecule is CCNCC/C=C\C(O)COCC1CC1. The summed E-state index contributed by atoms with van der Waals surface area (Å²) in [6, 6.07) is 0. The molecule has 1 unspecified atom stereocenters. The van der Waals surface area contributed by atoms with Crippen LogP contribution in [0.15, 0.2) is 12.2 Å². The maximum Gasteiger partial charge on any atom is 0.0954 e. The highest BCUT2D eigenvalue weighted by Crippen LogP contribution is 2.28. The van der Waals surface area contributed by atoms with E-state index in [1.54, 1.807) is 0 Å². The molecule has 0 aromatic rings. The average Bonchev–Trinajstić information content (AvgIpc) is 3.01. The van der Waals surface area contributed by atoms with Crippen LogP contribution < -0.4 is 5.32 Å². The van der Waals surface area contributed by atoms with Crippen molar-refractivity contribution >= 4 is 0 Å². The molecule has 0 aromatic heterocycles. The molecule has 0 aliphatic heterocycles. The average molecular weight is 213 g/mol. The lowest BCUT2D eigenvalue weighted by molar-refractivity contribution is 0.0541. The highest BCUT2D eigenvalue weighted by Gasteiger charge is 2.21. The van der Waals surface area contributed by atoms with E-state index in [-0.39, 0.29) is 0 Å². The van der Waals surface area contributed by atoms with E-state index in [0.717, 1.165) is 32.0 Å². The fourth-order valence-corrected chi connectivity index (χ4v) is 1.31. The van der Waals surface area contributed by atoms with Crippen LogP contribution in [0.4, 0.5) is 0 Å². The van der Waals surface area contributed by atoms with Crippen molar-refractivity contribution < 1.29 is 9.84 Å². The Morgan fingerprint density at radius 3 is 3.00 bits per heavy atom. The van der Waals surface area contributed by atoms with E-state index in [9.17, 15) is 5.11 Å². The van der Waals surface area contributed by atoms with Crippen molar-refractivity contribution in [2.24, 2.45) is 5.92 Å². The van der Waals surface area contributed by atoms with E-state index >= 15 is 0 Å². The lowest BCUT2D eigenvalue weighted by Crippen LogP contribution is -2.15. The second-order valence-corrected chi connectivity index (χ2v) is 4.12. The third-order valence-corrected chi connectivity index (χ3v) is 2.44. The minimum absolute atomic E-state index is 0.439. The largest absolute Gasteiger partial charge is 0.387 e. The van der Waals surface area contributed by atoms with E-state index in [2.05, 4.69) is 12.2 Å². The minimum atomic E-state index is -0.439. The summed E-state index contributed by atoms with van der Waals surface area (Å²) in [5.74, 6) is 0.773. The molecule has 0 bridgehead atoms. The maximum atomic E-state index is 9.51. The monoisotopic (exact) mass is 213 g/mol. The molecule has 3 nitrogen and oxygen atoms in total. The lowest BCUT2D eigenvalue weighted by Gasteiger charge is -2.06. The molecule has 0 aromatic carbocycles. The van der Waals surface area contributed by atoms with Crippen LogP contribution in [0.2, 0.25) is 0 Å². The minimum Gasteiger partial charge on any atom is -0.387 e. The molecular weight excluding hydrogens is 190 g/mol. The van der Waals surface area contributed by atoms with Crippen LogP contribution in [0, 0.1) is 5.92 Å². The van der Waals surface area contributed by atoms with Gasteiger partial charge in [-0.05, 0) is 38.3 Å². The van der Waals surface area contributed by atoms with Crippen molar-refractivity contribution in [2.75, 3.05) is 26.3 Å². The Kier molecular flexibility index (Phi) is 6.64. The van der Waals surface area contributed by atoms with Crippen LogP contribution in [0.5, 0.6) is 0 Å². The molecule has 3 heteroatoms. The van der Waals surface area contributed by atoms with Gasteiger partial charge in [-0.1, -0.05) is 19.1 Å². The van der Waals surface area contributed by atoms with Gasteiger partial charge in [-0.2, -0.15) is 0 Å². The fraction of sp³-hybridized carbons (Fsp3) is 0.833. The first-order chi connectivity index (χ1) is 7.33. The zero-order valence-electron chi connectivity index (χ0n) is 9.61. The Morgan fingerprint density at radius 2 is 2.33 bits per heavy atom. The van der Waals surface area contributed by atoms with Gasteiger partial charge in [0.1, 0.15) is 0 Å². The molecule has 1 aliphatic carbocycles. The molecular formula is C12H23NO2. The number of ether oxygens (including phenoxy) is 1. The highest BCUT2D eigenvalue weighted by atomic mass is 16.5. The molecule has 0 radical (unpaired) electrons. The van der Waals surface area contributed by atoms with Gasteiger partial charge >= 0.3 is 0 Å². The van der Waals surface area contributed by atoms with Gasteiger partial charge in [-0.25, -0.2) is 0 Å². The fourth-order valence-electron chi connectivity index (χ4n) is 1.31. The van der Waals surface area contributed by atoms with Gasteiger partial charge in [0, 0.05) is 6.61 Å². The lowest BCUT2D eigenvalue weighted by atomic mass is 10.3. The van der Waals surface area contributed by atoms with Crippen molar-refractivity contribution in [1.82, 2.24) is 5.32 Å². The third kappa shape index (κ3) is 7.54. The summed E-state index contributed by atoms with van der Waals surface area (Å²) in [6.07, 6.45) is 6.96. The first kappa shape index (κ1) is 12.7. The van der Waals surface area contributed by atoms with Gasteiger partial charge in [0.05, 0.1) is 12.7 Å². The zero-order valence-corrected chi connectivity index (χ0v) is 9.61. The molecule has 0 saturated heterocycles. The summed E-state index contributed by atoms with van der Waals surface area (Å²) in [5.41, 5.74) is 0. The number of aliphatic hydroxyl groups excluding tert-OH is 1. The molecule has 1 saturated carbocycles. The number of hydrogen-bond acceptors (Lipinski definition) is 3. The van der Waals surface area contributed by atoms with Crippen LogP contribution >= 0.6 is 0 Å². The standard InChI is InChI=1S/C12H23NO2/c1-2-13-8-4-3-5-12(14)10-15-9-11-6-7-11/h3,5,11-14H,2,4,6-10H2,1H3/b5-3-. The van der Waals surface area contributed by atoms with Crippen molar-refractivity contribution in [3.8, 4) is 0 Å². The van der Waals surface area contributed by atoms with Gasteiger partial charge in [-0.15, -0.1) is 0 Å². The second-order valence-electron chi connectivity index (χ2n) is 4.12. The zero-order chi connectivity index (χ0) is 10.9. The quantitative estimate of drug-likeness (QED) is 0.448. The molecule has 1 aliphatic rings. The Labute approximate surface area is 92.5 Å². The summed E-state index contributed by atoms with van der Waals surface area (Å²) in [4.78, 5) is 0. The highest BCUT2D eigenvalue weighted by molar-refractivity contribution is 4.89. The van der Waals surface area contributed by atoms with Crippen molar-refractivity contribution in [3.05, 3.63) is 12.2 Å². The Hall–Kier alpha value is -0.380. The molecule has 1 rings (SSSR count). The van der Waals surface area contributed by atoms with E-state index < -0.39 is 6.10 Å². The Morgan fingerprint density at radius 1 is 1.53 bits per heavy atom. The number of nitrogens with one attached hydrogen (secondary N) is 1. The van der Waals surface area contributed by atoms with Gasteiger partial charge in [0.2, 0.25) is 0 Å². The molecule has 15 heavy (non-hydrogen) atoms. The summed E-state index contributed by atoms with van der Waals surface area (Å²) >= 11 is 0. The van der Waals surface area contributed by atoms with E-state index in [1.807, 2.05) is 12.2 Å². The second kappa shape index (κ2) is 7.85. The number of hydrogen-bond donors (Lipinski definition) is 2. The van der Waals surface area contributed by atoms with Crippen molar-refractivity contribution in [1.29, 1.82) is 0 Å². The molecule has 0 heterocycles. The summed E-state index contributed by atoms with van der Waals surface area (Å²) in [6.45, 7) is 5.32. The van der Waals surface area contributed by atoms with Crippen LogP contribution in [0.3, 0.4) is 0 Å². The number of aliphatic hydroxyl groups is 1. The Bertz CT molecular complexity index is 178. The maximum absolute atomic E-state index is 9.51. The predicted molar refractivity (Wildman–Crippen MR) is 61.9 cm³/mol. The van der Waals surface area contributed by atoms with Crippen LogP contribution in [-0.2, 0) is 4.74 Å². The van der Waals surface area contributed by atoms with Gasteiger partial charge in [0.25, 0.3) is 0 Å². The van der Waals surface area contributed by atoms with Gasteiger partial charge in [-0.3, -0.25) is 0 Å². The first-order valence-corrected chi connectivity index (χ1v) is 5.96. The number of rotatable bonds is 9. The third-order valence-electron chi connectivity index (χ3n) is 2.44. The van der Waals surface area contributed by atoms with Gasteiger partial charge in [0.15, 0.2) is 0 Å². The van der Waals surface area contributed by atoms with Crippen molar-refractivity contribution in [3.63, 3.8) is 0 Å². The first-order valence-electron chi connectivity index (χ1n) is 5.96. The molecule has 2 N–H and O–H groups in total. The van der Waals surface area contributed by atoms with E-state index in [0.29, 0.717) is 6.61 Å². The normalized spacial score (nSPS) is 18.5. The summed E-state index contributed by atoms with van der Waals surface area (Å²) in [5, 5.41) is 12.7. The van der Waals surface area contributed by atoms with Crippen LogP contribution in [0.25, 0.3) is 0 Å². The smallest absolute Gasteiger partial charge is 0.0954 e. The molecule has 1 fully saturated rings. The topological polar surface area (TPSA) is 41.5 Å².